The normalized spacial score (nSPS) is 22.1. The highest BCUT2D eigenvalue weighted by molar-refractivity contribution is 7.16. The van der Waals surface area contributed by atoms with Crippen LogP contribution in [0.5, 0.6) is 0 Å². The monoisotopic (exact) mass is 280 g/mol. The van der Waals surface area contributed by atoms with Gasteiger partial charge in [0.1, 0.15) is 0 Å². The summed E-state index contributed by atoms with van der Waals surface area (Å²) in [5, 5.41) is 0.711. The van der Waals surface area contributed by atoms with E-state index in [0.717, 1.165) is 25.1 Å². The van der Waals surface area contributed by atoms with Gasteiger partial charge < -0.3 is 10.6 Å². The SMILES string of the molecule is CCN(CC)C(=O)c1c(N)sc2c1C(C)CCC2C. The number of thiophene rings is 1. The number of nitrogens with zero attached hydrogens (tertiary/aromatic N) is 1. The number of hydrogen-bond acceptors (Lipinski definition) is 3. The number of amides is 1. The fourth-order valence-electron chi connectivity index (χ4n) is 3.00. The molecule has 0 spiro atoms. The van der Waals surface area contributed by atoms with Crippen molar-refractivity contribution in [3.05, 3.63) is 16.0 Å². The van der Waals surface area contributed by atoms with E-state index in [2.05, 4.69) is 13.8 Å². The van der Waals surface area contributed by atoms with Gasteiger partial charge in [0.15, 0.2) is 0 Å². The first-order valence-electron chi connectivity index (χ1n) is 7.22. The second-order valence-corrected chi connectivity index (χ2v) is 6.56. The number of hydrogen-bond donors (Lipinski definition) is 1. The fraction of sp³-hybridized carbons (Fsp3) is 0.667. The number of fused-ring (bicyclic) bond motifs is 1. The Morgan fingerprint density at radius 3 is 2.42 bits per heavy atom. The standard InChI is InChI=1S/C15H24N2OS/c1-5-17(6-2)15(18)12-11-9(3)7-8-10(4)13(11)19-14(12)16/h9-10H,5-8,16H2,1-4H3. The van der Waals surface area contributed by atoms with Crippen molar-refractivity contribution in [1.82, 2.24) is 4.90 Å². The van der Waals surface area contributed by atoms with Gasteiger partial charge in [-0.25, -0.2) is 0 Å². The molecule has 3 nitrogen and oxygen atoms in total. The molecule has 1 amide bonds. The van der Waals surface area contributed by atoms with Crippen molar-refractivity contribution >= 4 is 22.2 Å². The van der Waals surface area contributed by atoms with Crippen molar-refractivity contribution in [2.45, 2.75) is 52.4 Å². The highest BCUT2D eigenvalue weighted by Crippen LogP contribution is 2.47. The zero-order valence-corrected chi connectivity index (χ0v) is 13.1. The maximum absolute atomic E-state index is 12.7. The molecule has 2 unspecified atom stereocenters. The number of rotatable bonds is 3. The van der Waals surface area contributed by atoms with Crippen LogP contribution < -0.4 is 5.73 Å². The van der Waals surface area contributed by atoms with Crippen LogP contribution in [0.4, 0.5) is 5.00 Å². The zero-order chi connectivity index (χ0) is 14.2. The molecule has 0 saturated heterocycles. The van der Waals surface area contributed by atoms with Gasteiger partial charge in [0, 0.05) is 18.0 Å². The van der Waals surface area contributed by atoms with Gasteiger partial charge in [-0.1, -0.05) is 13.8 Å². The lowest BCUT2D eigenvalue weighted by molar-refractivity contribution is 0.0772. The van der Waals surface area contributed by atoms with Crippen LogP contribution in [-0.2, 0) is 0 Å². The molecule has 1 aromatic heterocycles. The van der Waals surface area contributed by atoms with Crippen LogP contribution in [0.1, 0.15) is 73.2 Å². The van der Waals surface area contributed by atoms with Gasteiger partial charge in [-0.05, 0) is 44.1 Å². The molecule has 2 rings (SSSR count). The lowest BCUT2D eigenvalue weighted by atomic mass is 9.81. The Kier molecular flexibility index (Phi) is 4.19. The van der Waals surface area contributed by atoms with Crippen LogP contribution in [0.25, 0.3) is 0 Å². The first-order chi connectivity index (χ1) is 9.01. The fourth-order valence-corrected chi connectivity index (χ4v) is 4.27. The van der Waals surface area contributed by atoms with Crippen molar-refractivity contribution in [1.29, 1.82) is 0 Å². The smallest absolute Gasteiger partial charge is 0.257 e. The van der Waals surface area contributed by atoms with E-state index >= 15 is 0 Å². The molecule has 4 heteroatoms. The highest BCUT2D eigenvalue weighted by atomic mass is 32.1. The van der Waals surface area contributed by atoms with Crippen molar-refractivity contribution in [3.8, 4) is 0 Å². The third-order valence-corrected chi connectivity index (χ3v) is 5.50. The van der Waals surface area contributed by atoms with E-state index in [0.29, 0.717) is 16.8 Å². The molecule has 2 N–H and O–H groups in total. The summed E-state index contributed by atoms with van der Waals surface area (Å²) in [5.74, 6) is 1.10. The molecule has 1 aromatic rings. The molecule has 0 fully saturated rings. The number of carbonyl (C=O) groups excluding carboxylic acids is 1. The summed E-state index contributed by atoms with van der Waals surface area (Å²) in [6.45, 7) is 9.97. The van der Waals surface area contributed by atoms with Crippen LogP contribution in [-0.4, -0.2) is 23.9 Å². The molecule has 0 aromatic carbocycles. The summed E-state index contributed by atoms with van der Waals surface area (Å²) in [5.41, 5.74) is 8.19. The summed E-state index contributed by atoms with van der Waals surface area (Å²) < 4.78 is 0. The first kappa shape index (κ1) is 14.4. The molecule has 2 atom stereocenters. The molecular formula is C15H24N2OS. The molecule has 1 heterocycles. The topological polar surface area (TPSA) is 46.3 Å². The Hall–Kier alpha value is -1.03. The van der Waals surface area contributed by atoms with E-state index < -0.39 is 0 Å². The van der Waals surface area contributed by atoms with E-state index in [1.807, 2.05) is 18.7 Å². The quantitative estimate of drug-likeness (QED) is 0.915. The van der Waals surface area contributed by atoms with E-state index in [9.17, 15) is 4.79 Å². The summed E-state index contributed by atoms with van der Waals surface area (Å²) in [6.07, 6.45) is 2.36. The second-order valence-electron chi connectivity index (χ2n) is 5.48. The van der Waals surface area contributed by atoms with Gasteiger partial charge in [-0.15, -0.1) is 11.3 Å². The van der Waals surface area contributed by atoms with Crippen molar-refractivity contribution in [2.75, 3.05) is 18.8 Å². The van der Waals surface area contributed by atoms with Gasteiger partial charge in [-0.2, -0.15) is 0 Å². The maximum atomic E-state index is 12.7. The van der Waals surface area contributed by atoms with Crippen LogP contribution >= 0.6 is 11.3 Å². The lowest BCUT2D eigenvalue weighted by Gasteiger charge is -2.26. The number of nitrogen functional groups attached to an aromatic ring is 1. The van der Waals surface area contributed by atoms with Crippen LogP contribution in [0.15, 0.2) is 0 Å². The Morgan fingerprint density at radius 2 is 1.84 bits per heavy atom. The summed E-state index contributed by atoms with van der Waals surface area (Å²) in [4.78, 5) is 15.9. The Labute approximate surface area is 119 Å². The Morgan fingerprint density at radius 1 is 1.26 bits per heavy atom. The molecular weight excluding hydrogens is 256 g/mol. The molecule has 0 aliphatic heterocycles. The third kappa shape index (κ3) is 2.38. The Balaban J connectivity index is 2.49. The number of anilines is 1. The minimum absolute atomic E-state index is 0.112. The summed E-state index contributed by atoms with van der Waals surface area (Å²) in [7, 11) is 0. The third-order valence-electron chi connectivity index (χ3n) is 4.24. The van der Waals surface area contributed by atoms with Crippen molar-refractivity contribution < 1.29 is 4.79 Å². The predicted octanol–water partition coefficient (Wildman–Crippen LogP) is 3.81. The van der Waals surface area contributed by atoms with Gasteiger partial charge in [-0.3, -0.25) is 4.79 Å². The molecule has 19 heavy (non-hydrogen) atoms. The number of nitrogens with two attached hydrogens (primary N) is 1. The van der Waals surface area contributed by atoms with E-state index in [1.165, 1.54) is 16.9 Å². The summed E-state index contributed by atoms with van der Waals surface area (Å²) >= 11 is 1.63. The van der Waals surface area contributed by atoms with Crippen molar-refractivity contribution in [3.63, 3.8) is 0 Å². The molecule has 1 aliphatic rings. The van der Waals surface area contributed by atoms with Gasteiger partial charge in [0.25, 0.3) is 5.91 Å². The average molecular weight is 280 g/mol. The van der Waals surface area contributed by atoms with E-state index in [4.69, 9.17) is 5.73 Å². The summed E-state index contributed by atoms with van der Waals surface area (Å²) in [6, 6.07) is 0. The van der Waals surface area contributed by atoms with Crippen molar-refractivity contribution in [2.24, 2.45) is 0 Å². The molecule has 1 aliphatic carbocycles. The predicted molar refractivity (Wildman–Crippen MR) is 82.0 cm³/mol. The van der Waals surface area contributed by atoms with Crippen LogP contribution in [0.3, 0.4) is 0 Å². The maximum Gasteiger partial charge on any atom is 0.257 e. The average Bonchev–Trinajstić information content (AvgIpc) is 2.74. The highest BCUT2D eigenvalue weighted by Gasteiger charge is 2.32. The van der Waals surface area contributed by atoms with Crippen LogP contribution in [0.2, 0.25) is 0 Å². The second kappa shape index (κ2) is 5.53. The molecule has 0 bridgehead atoms. The van der Waals surface area contributed by atoms with Gasteiger partial charge in [0.05, 0.1) is 10.6 Å². The first-order valence-corrected chi connectivity index (χ1v) is 8.04. The van der Waals surface area contributed by atoms with E-state index in [1.54, 1.807) is 11.3 Å². The minimum Gasteiger partial charge on any atom is -0.390 e. The molecule has 106 valence electrons. The minimum atomic E-state index is 0.112. The lowest BCUT2D eigenvalue weighted by Crippen LogP contribution is -2.31. The van der Waals surface area contributed by atoms with Gasteiger partial charge >= 0.3 is 0 Å². The molecule has 0 saturated carbocycles. The number of carbonyl (C=O) groups is 1. The largest absolute Gasteiger partial charge is 0.390 e. The Bertz CT molecular complexity index is 477. The van der Waals surface area contributed by atoms with Crippen LogP contribution in [0, 0.1) is 0 Å². The van der Waals surface area contributed by atoms with E-state index in [-0.39, 0.29) is 5.91 Å². The zero-order valence-electron chi connectivity index (χ0n) is 12.3. The molecule has 0 radical (unpaired) electrons. The van der Waals surface area contributed by atoms with Gasteiger partial charge in [0.2, 0.25) is 0 Å².